The smallest absolute Gasteiger partial charge is 0.221 e. The van der Waals surface area contributed by atoms with Gasteiger partial charge >= 0.3 is 0 Å². The summed E-state index contributed by atoms with van der Waals surface area (Å²) in [4.78, 5) is 11.4. The van der Waals surface area contributed by atoms with Crippen molar-refractivity contribution in [1.29, 1.82) is 0 Å². The van der Waals surface area contributed by atoms with Crippen molar-refractivity contribution < 1.29 is 9.53 Å². The maximum atomic E-state index is 11.4. The van der Waals surface area contributed by atoms with Crippen LogP contribution in [0.5, 0.6) is 0 Å². The Kier molecular flexibility index (Phi) is 4.35. The van der Waals surface area contributed by atoms with Crippen LogP contribution in [0, 0.1) is 5.92 Å². The van der Waals surface area contributed by atoms with Crippen LogP contribution in [0.25, 0.3) is 0 Å². The Bertz CT molecular complexity index is 191. The monoisotopic (exact) mass is 200 g/mol. The number of nitrogens with two attached hydrogens (primary N) is 1. The quantitative estimate of drug-likeness (QED) is 0.646. The van der Waals surface area contributed by atoms with Gasteiger partial charge in [-0.25, -0.2) is 0 Å². The molecule has 14 heavy (non-hydrogen) atoms. The lowest BCUT2D eigenvalue weighted by molar-refractivity contribution is -0.122. The van der Waals surface area contributed by atoms with E-state index < -0.39 is 0 Å². The summed E-state index contributed by atoms with van der Waals surface area (Å²) in [6.07, 6.45) is 2.80. The van der Waals surface area contributed by atoms with Gasteiger partial charge in [-0.1, -0.05) is 0 Å². The third kappa shape index (κ3) is 4.07. The molecule has 1 aliphatic carbocycles. The van der Waals surface area contributed by atoms with Crippen molar-refractivity contribution >= 4 is 5.91 Å². The molecule has 1 fully saturated rings. The maximum Gasteiger partial charge on any atom is 0.221 e. The lowest BCUT2D eigenvalue weighted by atomic mass is 10.1. The van der Waals surface area contributed by atoms with Gasteiger partial charge < -0.3 is 15.8 Å². The fraction of sp³-hybridized carbons (Fsp3) is 0.900. The lowest BCUT2D eigenvalue weighted by Gasteiger charge is -2.17. The van der Waals surface area contributed by atoms with Crippen molar-refractivity contribution in [1.82, 2.24) is 5.32 Å². The van der Waals surface area contributed by atoms with E-state index in [1.165, 1.54) is 12.8 Å². The number of hydrogen-bond acceptors (Lipinski definition) is 3. The largest absolute Gasteiger partial charge is 0.383 e. The Morgan fingerprint density at radius 3 is 2.71 bits per heavy atom. The molecule has 1 saturated carbocycles. The first-order valence-corrected chi connectivity index (χ1v) is 5.17. The second-order valence-electron chi connectivity index (χ2n) is 4.15. The molecule has 4 nitrogen and oxygen atoms in total. The summed E-state index contributed by atoms with van der Waals surface area (Å²) in [5.41, 5.74) is 5.54. The van der Waals surface area contributed by atoms with E-state index in [4.69, 9.17) is 10.5 Å². The number of rotatable bonds is 6. The highest BCUT2D eigenvalue weighted by Crippen LogP contribution is 2.32. The van der Waals surface area contributed by atoms with Crippen molar-refractivity contribution in [3.05, 3.63) is 0 Å². The summed E-state index contributed by atoms with van der Waals surface area (Å²) >= 11 is 0. The number of ether oxygens (including phenoxy) is 1. The molecule has 0 aromatic carbocycles. The zero-order chi connectivity index (χ0) is 10.6. The van der Waals surface area contributed by atoms with Crippen LogP contribution in [-0.4, -0.2) is 31.7 Å². The topological polar surface area (TPSA) is 64.3 Å². The van der Waals surface area contributed by atoms with E-state index in [1.807, 2.05) is 6.92 Å². The number of carbonyl (C=O) groups excluding carboxylic acids is 1. The third-order valence-electron chi connectivity index (χ3n) is 2.39. The molecule has 3 N–H and O–H groups in total. The predicted octanol–water partition coefficient (Wildman–Crippen LogP) is 0.265. The molecule has 0 aromatic heterocycles. The van der Waals surface area contributed by atoms with E-state index in [-0.39, 0.29) is 18.0 Å². The Balaban J connectivity index is 2.27. The van der Waals surface area contributed by atoms with Gasteiger partial charge in [0.1, 0.15) is 0 Å². The molecule has 4 heteroatoms. The summed E-state index contributed by atoms with van der Waals surface area (Å²) in [6.45, 7) is 2.44. The van der Waals surface area contributed by atoms with Crippen molar-refractivity contribution in [2.45, 2.75) is 38.3 Å². The minimum Gasteiger partial charge on any atom is -0.383 e. The highest BCUT2D eigenvalue weighted by molar-refractivity contribution is 5.76. The van der Waals surface area contributed by atoms with E-state index >= 15 is 0 Å². The summed E-state index contributed by atoms with van der Waals surface area (Å²) in [5.74, 6) is 0.654. The van der Waals surface area contributed by atoms with Crippen LogP contribution in [-0.2, 0) is 9.53 Å². The van der Waals surface area contributed by atoms with Gasteiger partial charge in [0, 0.05) is 19.6 Å². The predicted molar refractivity (Wildman–Crippen MR) is 54.8 cm³/mol. The Morgan fingerprint density at radius 1 is 1.64 bits per heavy atom. The second-order valence-corrected chi connectivity index (χ2v) is 4.15. The van der Waals surface area contributed by atoms with Crippen LogP contribution < -0.4 is 11.1 Å². The van der Waals surface area contributed by atoms with Crippen LogP contribution in [0.2, 0.25) is 0 Å². The molecular formula is C10H20N2O2. The molecule has 0 radical (unpaired) electrons. The van der Waals surface area contributed by atoms with Crippen LogP contribution in [0.1, 0.15) is 26.2 Å². The normalized spacial score (nSPS) is 20.2. The molecule has 82 valence electrons. The van der Waals surface area contributed by atoms with Gasteiger partial charge in [-0.05, 0) is 25.7 Å². The summed E-state index contributed by atoms with van der Waals surface area (Å²) in [7, 11) is 1.66. The minimum absolute atomic E-state index is 0.0361. The van der Waals surface area contributed by atoms with Gasteiger partial charge in [-0.15, -0.1) is 0 Å². The molecule has 0 aliphatic heterocycles. The highest BCUT2D eigenvalue weighted by Gasteiger charge is 2.32. The Hall–Kier alpha value is -0.610. The molecule has 0 spiro atoms. The van der Waals surface area contributed by atoms with Gasteiger partial charge in [0.15, 0.2) is 0 Å². The van der Waals surface area contributed by atoms with E-state index in [0.29, 0.717) is 18.9 Å². The zero-order valence-electron chi connectivity index (χ0n) is 8.95. The van der Waals surface area contributed by atoms with E-state index in [1.54, 1.807) is 7.11 Å². The highest BCUT2D eigenvalue weighted by atomic mass is 16.5. The molecule has 1 aliphatic rings. The van der Waals surface area contributed by atoms with Crippen LogP contribution >= 0.6 is 0 Å². The van der Waals surface area contributed by atoms with Crippen molar-refractivity contribution in [2.75, 3.05) is 13.7 Å². The standard InChI is InChI=1S/C10H20N2O2/c1-7(11)5-10(13)12-9(6-14-2)8-3-4-8/h7-9H,3-6,11H2,1-2H3,(H,12,13). The number of hydrogen-bond donors (Lipinski definition) is 2. The van der Waals surface area contributed by atoms with Gasteiger partial charge in [-0.3, -0.25) is 4.79 Å². The van der Waals surface area contributed by atoms with Crippen LogP contribution in [0.3, 0.4) is 0 Å². The molecule has 1 amide bonds. The van der Waals surface area contributed by atoms with Crippen molar-refractivity contribution in [2.24, 2.45) is 11.7 Å². The molecule has 2 atom stereocenters. The second kappa shape index (κ2) is 5.32. The van der Waals surface area contributed by atoms with Crippen LogP contribution in [0.4, 0.5) is 0 Å². The summed E-state index contributed by atoms with van der Waals surface area (Å²) in [5, 5.41) is 2.97. The van der Waals surface area contributed by atoms with Gasteiger partial charge in [0.2, 0.25) is 5.91 Å². The van der Waals surface area contributed by atoms with Crippen molar-refractivity contribution in [3.63, 3.8) is 0 Å². The van der Waals surface area contributed by atoms with Gasteiger partial charge in [0.05, 0.1) is 12.6 Å². The lowest BCUT2D eigenvalue weighted by Crippen LogP contribution is -2.41. The van der Waals surface area contributed by atoms with Gasteiger partial charge in [0.25, 0.3) is 0 Å². The van der Waals surface area contributed by atoms with E-state index in [0.717, 1.165) is 0 Å². The first-order valence-electron chi connectivity index (χ1n) is 5.17. The maximum absolute atomic E-state index is 11.4. The minimum atomic E-state index is -0.0719. The zero-order valence-corrected chi connectivity index (χ0v) is 8.95. The average Bonchev–Trinajstić information content (AvgIpc) is 2.83. The fourth-order valence-corrected chi connectivity index (χ4v) is 1.53. The first-order chi connectivity index (χ1) is 6.63. The molecular weight excluding hydrogens is 180 g/mol. The van der Waals surface area contributed by atoms with E-state index in [9.17, 15) is 4.79 Å². The summed E-state index contributed by atoms with van der Waals surface area (Å²) < 4.78 is 5.07. The van der Waals surface area contributed by atoms with Gasteiger partial charge in [-0.2, -0.15) is 0 Å². The molecule has 1 rings (SSSR count). The SMILES string of the molecule is COCC(NC(=O)CC(C)N)C1CC1. The molecule has 0 heterocycles. The van der Waals surface area contributed by atoms with Crippen LogP contribution in [0.15, 0.2) is 0 Å². The Labute approximate surface area is 85.2 Å². The molecule has 2 unspecified atom stereocenters. The van der Waals surface area contributed by atoms with E-state index in [2.05, 4.69) is 5.32 Å². The van der Waals surface area contributed by atoms with Crippen molar-refractivity contribution in [3.8, 4) is 0 Å². The number of nitrogens with one attached hydrogen (secondary N) is 1. The fourth-order valence-electron chi connectivity index (χ4n) is 1.53. The molecule has 0 aromatic rings. The molecule has 0 bridgehead atoms. The Morgan fingerprint density at radius 2 is 2.29 bits per heavy atom. The third-order valence-corrected chi connectivity index (χ3v) is 2.39. The average molecular weight is 200 g/mol. The summed E-state index contributed by atoms with van der Waals surface area (Å²) in [6, 6.07) is 0.114. The number of amides is 1. The first kappa shape index (κ1) is 11.5. The number of carbonyl (C=O) groups is 1. The molecule has 0 saturated heterocycles. The number of methoxy groups -OCH3 is 1.